The predicted octanol–water partition coefficient (Wildman–Crippen LogP) is 3.65. The zero-order valence-electron chi connectivity index (χ0n) is 15.7. The Bertz CT molecular complexity index is 1540. The highest BCUT2D eigenvalue weighted by atomic mass is 79.9. The van der Waals surface area contributed by atoms with Crippen molar-refractivity contribution in [2.24, 2.45) is 9.98 Å². The number of hydrogen-bond donors (Lipinski definition) is 1. The molecule has 0 bridgehead atoms. The first-order valence-electron chi connectivity index (χ1n) is 9.10. The number of aromatic hydroxyl groups is 1. The normalized spacial score (nSPS) is 13.4. The van der Waals surface area contributed by atoms with Gasteiger partial charge in [0, 0.05) is 22.1 Å². The minimum Gasteiger partial charge on any atom is -0.493 e. The molecular weight excluding hydrogens is 500 g/mol. The van der Waals surface area contributed by atoms with E-state index in [2.05, 4.69) is 30.9 Å². The molecule has 9 heteroatoms. The third-order valence-corrected chi connectivity index (χ3v) is 6.50. The standard InChI is InChI=1S/C22H12BrClN4O2S/c23-12-6-7-16-14(10-12)18(20(29)26-16)19-21(30)28(13-4-2-1-3-5-13)22(31-19)27-17-8-9-25-11-15(17)24/h1-11,30H. The summed E-state index contributed by atoms with van der Waals surface area (Å²) in [4.78, 5) is 26.4. The molecule has 0 fully saturated rings. The fraction of sp³-hybridized carbons (Fsp3) is 0. The van der Waals surface area contributed by atoms with Gasteiger partial charge in [0.2, 0.25) is 5.88 Å². The molecule has 0 atom stereocenters. The fourth-order valence-corrected chi connectivity index (χ4v) is 4.90. The van der Waals surface area contributed by atoms with Crippen molar-refractivity contribution in [2.45, 2.75) is 0 Å². The first-order valence-corrected chi connectivity index (χ1v) is 11.1. The summed E-state index contributed by atoms with van der Waals surface area (Å²) in [5.41, 5.74) is 1.54. The van der Waals surface area contributed by atoms with Crippen LogP contribution in [0.4, 0.5) is 5.69 Å². The van der Waals surface area contributed by atoms with Gasteiger partial charge in [-0.05, 0) is 36.4 Å². The molecule has 0 saturated heterocycles. The molecule has 0 aliphatic carbocycles. The van der Waals surface area contributed by atoms with Gasteiger partial charge in [0.05, 0.1) is 27.3 Å². The Morgan fingerprint density at radius 2 is 1.94 bits per heavy atom. The third-order valence-electron chi connectivity index (χ3n) is 4.67. The molecule has 152 valence electrons. The maximum atomic E-state index is 12.8. The minimum atomic E-state index is -0.404. The summed E-state index contributed by atoms with van der Waals surface area (Å²) >= 11 is 10.9. The molecule has 5 rings (SSSR count). The van der Waals surface area contributed by atoms with Crippen LogP contribution in [-0.2, 0) is 4.79 Å². The van der Waals surface area contributed by atoms with E-state index in [-0.39, 0.29) is 5.88 Å². The molecule has 1 aliphatic heterocycles. The topological polar surface area (TPSA) is 79.8 Å². The van der Waals surface area contributed by atoms with E-state index >= 15 is 0 Å². The molecule has 2 aromatic carbocycles. The van der Waals surface area contributed by atoms with E-state index in [0.717, 1.165) is 4.47 Å². The Morgan fingerprint density at radius 3 is 2.71 bits per heavy atom. The van der Waals surface area contributed by atoms with Crippen LogP contribution < -0.4 is 15.4 Å². The van der Waals surface area contributed by atoms with Crippen molar-refractivity contribution < 1.29 is 9.90 Å². The van der Waals surface area contributed by atoms with Crippen LogP contribution in [0.25, 0.3) is 11.3 Å². The summed E-state index contributed by atoms with van der Waals surface area (Å²) in [6, 6.07) is 16.4. The lowest BCUT2D eigenvalue weighted by Gasteiger charge is -2.05. The summed E-state index contributed by atoms with van der Waals surface area (Å²) in [6.07, 6.45) is 3.09. The highest BCUT2D eigenvalue weighted by Gasteiger charge is 2.26. The van der Waals surface area contributed by atoms with Crippen LogP contribution >= 0.6 is 38.9 Å². The summed E-state index contributed by atoms with van der Waals surface area (Å²) in [7, 11) is 0. The monoisotopic (exact) mass is 510 g/mol. The first kappa shape index (κ1) is 19.9. The van der Waals surface area contributed by atoms with Crippen LogP contribution in [0.3, 0.4) is 0 Å². The molecule has 2 aromatic heterocycles. The lowest BCUT2D eigenvalue weighted by atomic mass is 10.1. The van der Waals surface area contributed by atoms with Gasteiger partial charge in [0.25, 0.3) is 5.91 Å². The fourth-order valence-electron chi connectivity index (χ4n) is 3.29. The number of para-hydroxylation sites is 1. The zero-order valence-corrected chi connectivity index (χ0v) is 18.8. The maximum Gasteiger partial charge on any atom is 0.279 e. The Kier molecular flexibility index (Phi) is 5.05. The molecule has 1 aliphatic rings. The summed E-state index contributed by atoms with van der Waals surface area (Å²) in [5.74, 6) is -0.496. The SMILES string of the molecule is O=C1N=c2ccc(Br)cc2=C1c1sc(=Nc2ccncc2Cl)n(-c2ccccc2)c1O. The number of nitrogens with zero attached hydrogens (tertiary/aromatic N) is 4. The number of pyridine rings is 1. The molecule has 31 heavy (non-hydrogen) atoms. The van der Waals surface area contributed by atoms with Crippen LogP contribution in [0.5, 0.6) is 5.88 Å². The van der Waals surface area contributed by atoms with Crippen LogP contribution in [-0.4, -0.2) is 20.6 Å². The Morgan fingerprint density at radius 1 is 1.13 bits per heavy atom. The molecule has 0 radical (unpaired) electrons. The number of halogens is 2. The van der Waals surface area contributed by atoms with Crippen molar-refractivity contribution in [3.63, 3.8) is 0 Å². The second-order valence-electron chi connectivity index (χ2n) is 6.60. The van der Waals surface area contributed by atoms with Crippen molar-refractivity contribution in [3.05, 3.63) is 96.7 Å². The molecular formula is C22H12BrClN4O2S. The summed E-state index contributed by atoms with van der Waals surface area (Å²) in [5, 5.41) is 12.8. The Hall–Kier alpha value is -3.07. The number of rotatable bonds is 3. The average Bonchev–Trinajstić information content (AvgIpc) is 3.25. The lowest BCUT2D eigenvalue weighted by molar-refractivity contribution is -0.112. The van der Waals surface area contributed by atoms with Gasteiger partial charge in [0.15, 0.2) is 4.80 Å². The zero-order chi connectivity index (χ0) is 21.5. The molecule has 0 unspecified atom stereocenters. The van der Waals surface area contributed by atoms with Gasteiger partial charge in [-0.15, -0.1) is 0 Å². The Labute approximate surface area is 193 Å². The van der Waals surface area contributed by atoms with E-state index in [9.17, 15) is 9.90 Å². The summed E-state index contributed by atoms with van der Waals surface area (Å²) in [6.45, 7) is 0. The highest BCUT2D eigenvalue weighted by Crippen LogP contribution is 2.31. The van der Waals surface area contributed by atoms with E-state index in [4.69, 9.17) is 11.6 Å². The Balaban J connectivity index is 1.86. The molecule has 1 amide bonds. The number of benzene rings is 2. The maximum absolute atomic E-state index is 12.8. The number of hydrogen-bond acceptors (Lipinski definition) is 5. The van der Waals surface area contributed by atoms with E-state index in [1.807, 2.05) is 42.5 Å². The first-order chi connectivity index (χ1) is 15.0. The number of aromatic nitrogens is 2. The van der Waals surface area contributed by atoms with E-state index in [1.165, 1.54) is 17.5 Å². The predicted molar refractivity (Wildman–Crippen MR) is 122 cm³/mol. The van der Waals surface area contributed by atoms with Crippen LogP contribution in [0, 0.1) is 0 Å². The van der Waals surface area contributed by atoms with Crippen LogP contribution in [0.1, 0.15) is 4.88 Å². The number of thiazole rings is 1. The van der Waals surface area contributed by atoms with Gasteiger partial charge >= 0.3 is 0 Å². The molecule has 1 N–H and O–H groups in total. The lowest BCUT2D eigenvalue weighted by Crippen LogP contribution is -2.22. The van der Waals surface area contributed by atoms with Crippen molar-refractivity contribution >= 4 is 56.0 Å². The second-order valence-corrected chi connectivity index (χ2v) is 8.90. The smallest absolute Gasteiger partial charge is 0.279 e. The minimum absolute atomic E-state index is 0.0912. The quantitative estimate of drug-likeness (QED) is 0.456. The van der Waals surface area contributed by atoms with Crippen LogP contribution in [0.15, 0.2) is 81.4 Å². The average molecular weight is 512 g/mol. The highest BCUT2D eigenvalue weighted by molar-refractivity contribution is 9.10. The van der Waals surface area contributed by atoms with E-state index in [1.54, 1.807) is 22.9 Å². The van der Waals surface area contributed by atoms with Gasteiger partial charge < -0.3 is 5.11 Å². The van der Waals surface area contributed by atoms with E-state index < -0.39 is 5.91 Å². The largest absolute Gasteiger partial charge is 0.493 e. The third kappa shape index (κ3) is 3.52. The molecule has 0 saturated carbocycles. The second kappa shape index (κ2) is 7.88. The number of fused-ring (bicyclic) bond motifs is 1. The summed E-state index contributed by atoms with van der Waals surface area (Å²) < 4.78 is 2.40. The van der Waals surface area contributed by atoms with Gasteiger partial charge in [-0.2, -0.15) is 0 Å². The van der Waals surface area contributed by atoms with Crippen LogP contribution in [0.2, 0.25) is 5.02 Å². The molecule has 0 spiro atoms. The number of carbonyl (C=O) groups is 1. The van der Waals surface area contributed by atoms with Gasteiger partial charge in [-0.1, -0.05) is 57.1 Å². The van der Waals surface area contributed by atoms with Crippen molar-refractivity contribution in [1.29, 1.82) is 0 Å². The van der Waals surface area contributed by atoms with Gasteiger partial charge in [-0.3, -0.25) is 14.3 Å². The van der Waals surface area contributed by atoms with Crippen molar-refractivity contribution in [1.82, 2.24) is 9.55 Å². The van der Waals surface area contributed by atoms with Gasteiger partial charge in [0.1, 0.15) is 4.88 Å². The van der Waals surface area contributed by atoms with E-state index in [0.29, 0.717) is 42.2 Å². The molecule has 3 heterocycles. The number of amides is 1. The van der Waals surface area contributed by atoms with Crippen molar-refractivity contribution in [2.75, 3.05) is 0 Å². The van der Waals surface area contributed by atoms with Crippen molar-refractivity contribution in [3.8, 4) is 11.6 Å². The molecule has 6 nitrogen and oxygen atoms in total. The van der Waals surface area contributed by atoms with Gasteiger partial charge in [-0.25, -0.2) is 9.98 Å². The number of carbonyl (C=O) groups excluding carboxylic acids is 1. The molecule has 4 aromatic rings.